The number of carbonyl (C=O) groups excluding carboxylic acids is 1. The molecular weight excluding hydrogens is 154 g/mol. The summed E-state index contributed by atoms with van der Waals surface area (Å²) in [5.74, 6) is -1.40. The van der Waals surface area contributed by atoms with Crippen molar-refractivity contribution in [2.45, 2.75) is 26.2 Å². The zero-order valence-corrected chi connectivity index (χ0v) is 6.27. The molecule has 0 aliphatic heterocycles. The molecule has 0 unspecified atom stereocenters. The maximum Gasteiger partial charge on any atom is 0.373 e. The van der Waals surface area contributed by atoms with Gasteiger partial charge in [0.2, 0.25) is 0 Å². The zero-order chi connectivity index (χ0) is 8.48. The van der Waals surface area contributed by atoms with Crippen LogP contribution in [0.15, 0.2) is 0 Å². The van der Waals surface area contributed by atoms with Gasteiger partial charge in [0.05, 0.1) is 6.61 Å². The lowest BCUT2D eigenvalue weighted by Crippen LogP contribution is -2.18. The van der Waals surface area contributed by atoms with Crippen LogP contribution >= 0.6 is 0 Å². The molecule has 0 amide bonds. The molecule has 1 aliphatic carbocycles. The minimum absolute atomic E-state index is 0.00937. The van der Waals surface area contributed by atoms with Crippen LogP contribution in [0.25, 0.3) is 0 Å². The summed E-state index contributed by atoms with van der Waals surface area (Å²) < 4.78 is 27.4. The van der Waals surface area contributed by atoms with Gasteiger partial charge >= 0.3 is 12.4 Å². The topological polar surface area (TPSA) is 26.3 Å². The summed E-state index contributed by atoms with van der Waals surface area (Å²) in [6.07, 6.45) is -1.06. The average molecular weight is 164 g/mol. The van der Waals surface area contributed by atoms with Crippen LogP contribution in [0, 0.1) is 5.41 Å². The lowest BCUT2D eigenvalue weighted by Gasteiger charge is -2.08. The van der Waals surface area contributed by atoms with Gasteiger partial charge in [-0.25, -0.2) is 4.79 Å². The van der Waals surface area contributed by atoms with Gasteiger partial charge in [0, 0.05) is 5.41 Å². The minimum atomic E-state index is -2.99. The second-order valence-corrected chi connectivity index (χ2v) is 3.22. The van der Waals surface area contributed by atoms with E-state index in [9.17, 15) is 13.6 Å². The number of halogens is 2. The van der Waals surface area contributed by atoms with E-state index in [0.29, 0.717) is 0 Å². The van der Waals surface area contributed by atoms with E-state index in [0.717, 1.165) is 12.8 Å². The van der Waals surface area contributed by atoms with Gasteiger partial charge in [-0.2, -0.15) is 8.78 Å². The molecule has 0 N–H and O–H groups in total. The van der Waals surface area contributed by atoms with Gasteiger partial charge in [0.15, 0.2) is 0 Å². The summed E-state index contributed by atoms with van der Waals surface area (Å²) in [4.78, 5) is 10.2. The maximum atomic E-state index is 11.5. The fourth-order valence-corrected chi connectivity index (χ4v) is 0.666. The molecule has 0 aromatic heterocycles. The van der Waals surface area contributed by atoms with E-state index in [-0.39, 0.29) is 12.0 Å². The van der Waals surface area contributed by atoms with E-state index in [2.05, 4.69) is 4.74 Å². The Morgan fingerprint density at radius 1 is 1.64 bits per heavy atom. The van der Waals surface area contributed by atoms with Gasteiger partial charge in [-0.05, 0) is 12.8 Å². The minimum Gasteiger partial charge on any atom is -0.461 e. The van der Waals surface area contributed by atoms with Crippen molar-refractivity contribution >= 4 is 5.97 Å². The summed E-state index contributed by atoms with van der Waals surface area (Å²) in [6.45, 7) is 2.04. The van der Waals surface area contributed by atoms with Gasteiger partial charge in [-0.3, -0.25) is 0 Å². The number of alkyl halides is 2. The Balaban J connectivity index is 2.16. The lowest BCUT2D eigenvalue weighted by molar-refractivity contribution is -0.158. The molecule has 0 bridgehead atoms. The van der Waals surface area contributed by atoms with Crippen LogP contribution < -0.4 is 0 Å². The Hall–Kier alpha value is -0.670. The number of ether oxygens (including phenoxy) is 1. The third-order valence-electron chi connectivity index (χ3n) is 1.84. The van der Waals surface area contributed by atoms with Crippen LogP contribution in [0.1, 0.15) is 19.8 Å². The molecule has 0 saturated heterocycles. The molecule has 0 atom stereocenters. The number of carbonyl (C=O) groups is 1. The summed E-state index contributed by atoms with van der Waals surface area (Å²) in [5, 5.41) is 0. The van der Waals surface area contributed by atoms with Crippen molar-refractivity contribution in [1.82, 2.24) is 0 Å². The monoisotopic (exact) mass is 164 g/mol. The Labute approximate surface area is 63.5 Å². The molecule has 0 heterocycles. The first-order valence-corrected chi connectivity index (χ1v) is 3.48. The highest BCUT2D eigenvalue weighted by molar-refractivity contribution is 5.72. The Bertz CT molecular complexity index is 164. The van der Waals surface area contributed by atoms with Crippen LogP contribution in [0.5, 0.6) is 0 Å². The SMILES string of the molecule is CC1(COC(=O)C(F)F)CC1. The predicted molar refractivity (Wildman–Crippen MR) is 34.3 cm³/mol. The van der Waals surface area contributed by atoms with Crippen molar-refractivity contribution in [2.24, 2.45) is 5.41 Å². The molecule has 11 heavy (non-hydrogen) atoms. The zero-order valence-electron chi connectivity index (χ0n) is 6.27. The first-order chi connectivity index (χ1) is 5.03. The molecule has 0 spiro atoms. The Morgan fingerprint density at radius 3 is 2.55 bits per heavy atom. The fourth-order valence-electron chi connectivity index (χ4n) is 0.666. The number of hydrogen-bond donors (Lipinski definition) is 0. The fraction of sp³-hybridized carbons (Fsp3) is 0.857. The molecule has 1 rings (SSSR count). The average Bonchev–Trinajstić information content (AvgIpc) is 2.64. The van der Waals surface area contributed by atoms with E-state index in [1.54, 1.807) is 0 Å². The Morgan fingerprint density at radius 2 is 2.18 bits per heavy atom. The van der Waals surface area contributed by atoms with Gasteiger partial charge in [-0.15, -0.1) is 0 Å². The molecule has 2 nitrogen and oxygen atoms in total. The number of rotatable bonds is 3. The van der Waals surface area contributed by atoms with Gasteiger partial charge < -0.3 is 4.74 Å². The van der Waals surface area contributed by atoms with E-state index in [4.69, 9.17) is 0 Å². The van der Waals surface area contributed by atoms with E-state index >= 15 is 0 Å². The van der Waals surface area contributed by atoms with Crippen molar-refractivity contribution < 1.29 is 18.3 Å². The first kappa shape index (κ1) is 8.43. The number of esters is 1. The van der Waals surface area contributed by atoms with Crippen LogP contribution in [0.2, 0.25) is 0 Å². The normalized spacial score (nSPS) is 20.0. The molecule has 0 radical (unpaired) electrons. The molecule has 4 heteroatoms. The molecule has 0 aromatic rings. The smallest absolute Gasteiger partial charge is 0.373 e. The van der Waals surface area contributed by atoms with Crippen molar-refractivity contribution in [1.29, 1.82) is 0 Å². The summed E-state index contributed by atoms with van der Waals surface area (Å²) in [6, 6.07) is 0. The largest absolute Gasteiger partial charge is 0.461 e. The Kier molecular flexibility index (Phi) is 2.11. The summed E-state index contributed by atoms with van der Waals surface area (Å²) in [7, 11) is 0. The molecule has 1 aliphatic rings. The molecule has 1 fully saturated rings. The van der Waals surface area contributed by atoms with Crippen molar-refractivity contribution in [3.8, 4) is 0 Å². The van der Waals surface area contributed by atoms with Crippen molar-refractivity contribution in [3.63, 3.8) is 0 Å². The van der Waals surface area contributed by atoms with Crippen LogP contribution in [-0.4, -0.2) is 19.0 Å². The second kappa shape index (κ2) is 2.75. The van der Waals surface area contributed by atoms with E-state index < -0.39 is 12.4 Å². The molecule has 0 aromatic carbocycles. The van der Waals surface area contributed by atoms with Gasteiger partial charge in [-0.1, -0.05) is 6.92 Å². The summed E-state index contributed by atoms with van der Waals surface area (Å²) >= 11 is 0. The van der Waals surface area contributed by atoms with Crippen molar-refractivity contribution in [3.05, 3.63) is 0 Å². The van der Waals surface area contributed by atoms with Gasteiger partial charge in [0.25, 0.3) is 0 Å². The molecule has 64 valence electrons. The quantitative estimate of drug-likeness (QED) is 0.592. The molecule has 1 saturated carbocycles. The third-order valence-corrected chi connectivity index (χ3v) is 1.84. The van der Waals surface area contributed by atoms with Crippen LogP contribution in [0.3, 0.4) is 0 Å². The highest BCUT2D eigenvalue weighted by Crippen LogP contribution is 2.44. The first-order valence-electron chi connectivity index (χ1n) is 3.48. The van der Waals surface area contributed by atoms with Crippen molar-refractivity contribution in [2.75, 3.05) is 6.61 Å². The van der Waals surface area contributed by atoms with Crippen LogP contribution in [0.4, 0.5) is 8.78 Å². The highest BCUT2D eigenvalue weighted by atomic mass is 19.3. The van der Waals surface area contributed by atoms with E-state index in [1.807, 2.05) is 6.92 Å². The predicted octanol–water partition coefficient (Wildman–Crippen LogP) is 1.59. The summed E-state index contributed by atoms with van der Waals surface area (Å²) in [5.41, 5.74) is -0.00937. The lowest BCUT2D eigenvalue weighted by atomic mass is 10.2. The van der Waals surface area contributed by atoms with Gasteiger partial charge in [0.1, 0.15) is 0 Å². The maximum absolute atomic E-state index is 11.5. The standard InChI is InChI=1S/C7H10F2O2/c1-7(2-3-7)4-11-6(10)5(8)9/h5H,2-4H2,1H3. The number of hydrogen-bond acceptors (Lipinski definition) is 2. The van der Waals surface area contributed by atoms with E-state index in [1.165, 1.54) is 0 Å². The molecular formula is C7H10F2O2. The highest BCUT2D eigenvalue weighted by Gasteiger charge is 2.39. The van der Waals surface area contributed by atoms with Crippen LogP contribution in [-0.2, 0) is 9.53 Å². The second-order valence-electron chi connectivity index (χ2n) is 3.22. The third kappa shape index (κ3) is 2.44.